The lowest BCUT2D eigenvalue weighted by Crippen LogP contribution is -2.54. The van der Waals surface area contributed by atoms with Crippen LogP contribution >= 0.6 is 34.8 Å². The highest BCUT2D eigenvalue weighted by molar-refractivity contribution is 7.92. The highest BCUT2D eigenvalue weighted by Gasteiger charge is 2.35. The monoisotopic (exact) mass is 671 g/mol. The zero-order valence-electron chi connectivity index (χ0n) is 24.2. The molecule has 4 aromatic rings. The first-order chi connectivity index (χ1) is 21.0. The fourth-order valence-corrected chi connectivity index (χ4v) is 6.78. The number of anilines is 1. The Kier molecular flexibility index (Phi) is 11.3. The van der Waals surface area contributed by atoms with Gasteiger partial charge in [0.25, 0.3) is 10.0 Å². The van der Waals surface area contributed by atoms with Crippen LogP contribution in [-0.2, 0) is 32.6 Å². The number of nitrogens with zero attached hydrogens (tertiary/aromatic N) is 2. The third-order valence-corrected chi connectivity index (χ3v) is 9.32. The van der Waals surface area contributed by atoms with Crippen LogP contribution in [0.5, 0.6) is 0 Å². The van der Waals surface area contributed by atoms with Gasteiger partial charge in [0.15, 0.2) is 0 Å². The molecule has 0 aromatic heterocycles. The van der Waals surface area contributed by atoms with E-state index in [2.05, 4.69) is 5.32 Å². The van der Waals surface area contributed by atoms with E-state index in [9.17, 15) is 18.0 Å². The Morgan fingerprint density at radius 1 is 0.773 bits per heavy atom. The van der Waals surface area contributed by atoms with E-state index in [1.807, 2.05) is 44.2 Å². The summed E-state index contributed by atoms with van der Waals surface area (Å²) >= 11 is 18.8. The molecule has 44 heavy (non-hydrogen) atoms. The first-order valence-electron chi connectivity index (χ1n) is 13.9. The van der Waals surface area contributed by atoms with Crippen molar-refractivity contribution in [3.05, 3.63) is 129 Å². The van der Waals surface area contributed by atoms with Crippen LogP contribution in [-0.4, -0.2) is 43.8 Å². The molecular weight excluding hydrogens is 641 g/mol. The Labute approximate surface area is 273 Å². The molecule has 0 heterocycles. The van der Waals surface area contributed by atoms with Crippen molar-refractivity contribution in [3.63, 3.8) is 0 Å². The lowest BCUT2D eigenvalue weighted by atomic mass is 10.0. The number of hydrogen-bond acceptors (Lipinski definition) is 4. The summed E-state index contributed by atoms with van der Waals surface area (Å²) in [6.07, 6.45) is 0.200. The maximum absolute atomic E-state index is 14.4. The maximum Gasteiger partial charge on any atom is 0.264 e. The molecule has 0 bridgehead atoms. The number of sulfonamides is 1. The van der Waals surface area contributed by atoms with Crippen molar-refractivity contribution in [3.8, 4) is 0 Å². The van der Waals surface area contributed by atoms with Crippen LogP contribution in [0.25, 0.3) is 0 Å². The molecule has 4 rings (SSSR count). The number of benzene rings is 4. The highest BCUT2D eigenvalue weighted by atomic mass is 35.5. The molecule has 0 aliphatic heterocycles. The van der Waals surface area contributed by atoms with Crippen LogP contribution in [0.4, 0.5) is 5.69 Å². The van der Waals surface area contributed by atoms with Crippen LogP contribution < -0.4 is 9.62 Å². The predicted molar refractivity (Wildman–Crippen MR) is 177 cm³/mol. The summed E-state index contributed by atoms with van der Waals surface area (Å²) < 4.78 is 29.0. The van der Waals surface area contributed by atoms with Gasteiger partial charge in [0.05, 0.1) is 15.6 Å². The van der Waals surface area contributed by atoms with Gasteiger partial charge in [0, 0.05) is 29.1 Å². The largest absolute Gasteiger partial charge is 0.352 e. The fourth-order valence-electron chi connectivity index (χ4n) is 4.64. The Balaban J connectivity index is 1.82. The summed E-state index contributed by atoms with van der Waals surface area (Å²) in [6, 6.07) is 27.2. The molecule has 230 valence electrons. The van der Waals surface area contributed by atoms with Crippen molar-refractivity contribution < 1.29 is 18.0 Å². The first kappa shape index (κ1) is 33.3. The van der Waals surface area contributed by atoms with Crippen molar-refractivity contribution in [2.75, 3.05) is 10.8 Å². The second kappa shape index (κ2) is 14.9. The third-order valence-electron chi connectivity index (χ3n) is 6.76. The van der Waals surface area contributed by atoms with Gasteiger partial charge in [-0.2, -0.15) is 0 Å². The smallest absolute Gasteiger partial charge is 0.264 e. The summed E-state index contributed by atoms with van der Waals surface area (Å²) in [5.74, 6) is -0.974. The van der Waals surface area contributed by atoms with E-state index in [0.717, 1.165) is 9.87 Å². The summed E-state index contributed by atoms with van der Waals surface area (Å²) in [7, 11) is -4.28. The van der Waals surface area contributed by atoms with Crippen molar-refractivity contribution in [2.45, 2.75) is 43.8 Å². The summed E-state index contributed by atoms with van der Waals surface area (Å²) in [4.78, 5) is 29.5. The molecule has 4 aromatic carbocycles. The predicted octanol–water partition coefficient (Wildman–Crippen LogP) is 7.01. The number of carbonyl (C=O) groups excluding carboxylic acids is 2. The van der Waals surface area contributed by atoms with E-state index >= 15 is 0 Å². The van der Waals surface area contributed by atoms with Crippen molar-refractivity contribution in [1.29, 1.82) is 0 Å². The lowest BCUT2D eigenvalue weighted by molar-refractivity contribution is -0.140. The number of halogens is 3. The van der Waals surface area contributed by atoms with E-state index in [4.69, 9.17) is 34.8 Å². The van der Waals surface area contributed by atoms with E-state index in [1.165, 1.54) is 35.2 Å². The minimum Gasteiger partial charge on any atom is -0.352 e. The van der Waals surface area contributed by atoms with Crippen LogP contribution in [0.3, 0.4) is 0 Å². The number of carbonyl (C=O) groups is 2. The lowest BCUT2D eigenvalue weighted by Gasteiger charge is -2.34. The Hall–Kier alpha value is -3.56. The minimum absolute atomic E-state index is 0.0204. The van der Waals surface area contributed by atoms with Gasteiger partial charge in [-0.3, -0.25) is 13.9 Å². The highest BCUT2D eigenvalue weighted by Crippen LogP contribution is 2.33. The van der Waals surface area contributed by atoms with E-state index in [1.54, 1.807) is 42.5 Å². The summed E-state index contributed by atoms with van der Waals surface area (Å²) in [6.45, 7) is 3.05. The molecule has 1 N–H and O–H groups in total. The Morgan fingerprint density at radius 2 is 1.36 bits per heavy atom. The molecule has 0 aliphatic carbocycles. The average molecular weight is 673 g/mol. The third kappa shape index (κ3) is 8.54. The standard InChI is InChI=1S/C33H32Cl3N3O4S/c1-23(2)37-33(41)31(19-24-9-5-3-6-10-24)38(21-25-13-15-26(34)16-14-25)32(40)22-39(30-18-17-27(35)20-29(30)36)44(42,43)28-11-7-4-8-12-28/h3-18,20,23,31H,19,21-22H2,1-2H3,(H,37,41). The van der Waals surface area contributed by atoms with Crippen molar-refractivity contribution in [2.24, 2.45) is 0 Å². The number of nitrogens with one attached hydrogen (secondary N) is 1. The second-order valence-corrected chi connectivity index (χ2v) is 13.6. The zero-order chi connectivity index (χ0) is 31.9. The van der Waals surface area contributed by atoms with Gasteiger partial charge in [-0.25, -0.2) is 8.42 Å². The molecule has 1 unspecified atom stereocenters. The van der Waals surface area contributed by atoms with Gasteiger partial charge >= 0.3 is 0 Å². The van der Waals surface area contributed by atoms with Gasteiger partial charge in [-0.15, -0.1) is 0 Å². The SMILES string of the molecule is CC(C)NC(=O)C(Cc1ccccc1)N(Cc1ccc(Cl)cc1)C(=O)CN(c1ccc(Cl)cc1Cl)S(=O)(=O)c1ccccc1. The van der Waals surface area contributed by atoms with Crippen LogP contribution in [0, 0.1) is 0 Å². The maximum atomic E-state index is 14.4. The number of hydrogen-bond donors (Lipinski definition) is 1. The average Bonchev–Trinajstić information content (AvgIpc) is 2.99. The summed E-state index contributed by atoms with van der Waals surface area (Å²) in [5.41, 5.74) is 1.62. The second-order valence-electron chi connectivity index (χ2n) is 10.4. The molecule has 0 spiro atoms. The summed E-state index contributed by atoms with van der Waals surface area (Å²) in [5, 5.41) is 3.80. The van der Waals surface area contributed by atoms with Gasteiger partial charge in [0.2, 0.25) is 11.8 Å². The molecule has 7 nitrogen and oxygen atoms in total. The van der Waals surface area contributed by atoms with Gasteiger partial charge in [-0.1, -0.05) is 95.5 Å². The topological polar surface area (TPSA) is 86.8 Å². The molecule has 0 saturated carbocycles. The molecule has 0 radical (unpaired) electrons. The van der Waals surface area contributed by atoms with Crippen LogP contribution in [0.1, 0.15) is 25.0 Å². The zero-order valence-corrected chi connectivity index (χ0v) is 27.2. The molecule has 11 heteroatoms. The van der Waals surface area contributed by atoms with E-state index in [-0.39, 0.29) is 40.5 Å². The normalized spacial score (nSPS) is 12.0. The van der Waals surface area contributed by atoms with Crippen LogP contribution in [0.2, 0.25) is 15.1 Å². The fraction of sp³-hybridized carbons (Fsp3) is 0.212. The number of amides is 2. The van der Waals surface area contributed by atoms with Gasteiger partial charge < -0.3 is 10.2 Å². The van der Waals surface area contributed by atoms with Gasteiger partial charge in [0.1, 0.15) is 12.6 Å². The molecule has 2 amide bonds. The quantitative estimate of drug-likeness (QED) is 0.176. The van der Waals surface area contributed by atoms with Crippen molar-refractivity contribution in [1.82, 2.24) is 10.2 Å². The number of rotatable bonds is 12. The van der Waals surface area contributed by atoms with E-state index < -0.39 is 28.5 Å². The van der Waals surface area contributed by atoms with Gasteiger partial charge in [-0.05, 0) is 67.4 Å². The van der Waals surface area contributed by atoms with Crippen LogP contribution in [0.15, 0.2) is 108 Å². The molecule has 0 saturated heterocycles. The molecule has 1 atom stereocenters. The van der Waals surface area contributed by atoms with E-state index in [0.29, 0.717) is 15.6 Å². The first-order valence-corrected chi connectivity index (χ1v) is 16.4. The minimum atomic E-state index is -4.28. The Bertz CT molecular complexity index is 1690. The molecule has 0 fully saturated rings. The van der Waals surface area contributed by atoms with Crippen molar-refractivity contribution >= 4 is 62.3 Å². The molecule has 0 aliphatic rings. The molecular formula is C33H32Cl3N3O4S. The Morgan fingerprint density at radius 3 is 1.95 bits per heavy atom.